The highest BCUT2D eigenvalue weighted by Crippen LogP contribution is 2.10. The maximum Gasteiger partial charge on any atom is 0.300 e. The van der Waals surface area contributed by atoms with E-state index in [0.29, 0.717) is 0 Å². The maximum absolute atomic E-state index is 12.0. The quantitative estimate of drug-likeness (QED) is 0.843. The molecule has 0 unspecified atom stereocenters. The average molecular weight is 259 g/mol. The Balaban J connectivity index is 0.000000399. The lowest BCUT2D eigenvalue weighted by Crippen LogP contribution is -2.06. The minimum absolute atomic E-state index is 0.0718. The molecule has 0 aliphatic carbocycles. The first-order valence-corrected chi connectivity index (χ1v) is 5.84. The number of aliphatic carboxylic acids is 1. The number of hydrogen-bond acceptors (Lipinski definition) is 2. The third-order valence-electron chi connectivity index (χ3n) is 2.49. The number of carboxylic acid groups (broad SMARTS) is 1. The molecule has 0 radical (unpaired) electrons. The van der Waals surface area contributed by atoms with Gasteiger partial charge in [0.15, 0.2) is 0 Å². The van der Waals surface area contributed by atoms with Crippen molar-refractivity contribution < 1.29 is 14.7 Å². The second-order valence-electron chi connectivity index (χ2n) is 4.22. The largest absolute Gasteiger partial charge is 0.481 e. The molecule has 0 spiro atoms. The average Bonchev–Trinajstić information content (AvgIpc) is 2.75. The van der Waals surface area contributed by atoms with Gasteiger partial charge in [-0.25, -0.2) is 0 Å². The van der Waals surface area contributed by atoms with Gasteiger partial charge in [-0.1, -0.05) is 29.8 Å². The van der Waals surface area contributed by atoms with Crippen molar-refractivity contribution in [3.05, 3.63) is 59.4 Å². The van der Waals surface area contributed by atoms with Gasteiger partial charge in [-0.3, -0.25) is 9.59 Å². The lowest BCUT2D eigenvalue weighted by Gasteiger charge is -2.02. The molecule has 0 atom stereocenters. The van der Waals surface area contributed by atoms with E-state index >= 15 is 0 Å². The van der Waals surface area contributed by atoms with Crippen LogP contribution < -0.4 is 0 Å². The smallest absolute Gasteiger partial charge is 0.300 e. The molecule has 0 bridgehead atoms. The van der Waals surface area contributed by atoms with E-state index in [2.05, 4.69) is 0 Å². The minimum Gasteiger partial charge on any atom is -0.481 e. The van der Waals surface area contributed by atoms with Crippen LogP contribution in [0.15, 0.2) is 42.6 Å². The molecule has 19 heavy (non-hydrogen) atoms. The summed E-state index contributed by atoms with van der Waals surface area (Å²) in [6.45, 7) is 3.09. The molecule has 4 nitrogen and oxygen atoms in total. The predicted octanol–water partition coefficient (Wildman–Crippen LogP) is 2.66. The van der Waals surface area contributed by atoms with Gasteiger partial charge >= 0.3 is 0 Å². The zero-order valence-electron chi connectivity index (χ0n) is 11.3. The van der Waals surface area contributed by atoms with E-state index in [0.717, 1.165) is 18.2 Å². The Morgan fingerprint density at radius 1 is 1.11 bits per heavy atom. The van der Waals surface area contributed by atoms with Crippen molar-refractivity contribution in [1.82, 2.24) is 4.57 Å². The molecule has 2 rings (SSSR count). The van der Waals surface area contributed by atoms with Gasteiger partial charge in [0.2, 0.25) is 5.78 Å². The molecular formula is C15H17NO3. The number of aryl methyl sites for hydroxylation is 2. The van der Waals surface area contributed by atoms with Crippen molar-refractivity contribution in [2.45, 2.75) is 13.8 Å². The molecule has 0 fully saturated rings. The first-order chi connectivity index (χ1) is 8.91. The molecule has 0 aliphatic heterocycles. The monoisotopic (exact) mass is 259 g/mol. The number of nitrogens with zero attached hydrogens (tertiary/aromatic N) is 1. The van der Waals surface area contributed by atoms with E-state index in [-0.39, 0.29) is 5.78 Å². The molecule has 1 aromatic heterocycles. The lowest BCUT2D eigenvalue weighted by atomic mass is 10.1. The molecule has 0 saturated carbocycles. The topological polar surface area (TPSA) is 59.3 Å². The number of benzene rings is 1. The van der Waals surface area contributed by atoms with Crippen molar-refractivity contribution in [3.8, 4) is 0 Å². The minimum atomic E-state index is -0.833. The second-order valence-corrected chi connectivity index (χ2v) is 4.22. The van der Waals surface area contributed by atoms with Gasteiger partial charge in [-0.2, -0.15) is 0 Å². The number of carbonyl (C=O) groups is 2. The normalized spacial score (nSPS) is 9.42. The summed E-state index contributed by atoms with van der Waals surface area (Å²) in [6.07, 6.45) is 1.88. The van der Waals surface area contributed by atoms with Crippen LogP contribution >= 0.6 is 0 Å². The molecule has 1 aromatic carbocycles. The van der Waals surface area contributed by atoms with Crippen LogP contribution in [0.5, 0.6) is 0 Å². The van der Waals surface area contributed by atoms with Gasteiger partial charge in [0, 0.05) is 25.7 Å². The summed E-state index contributed by atoms with van der Waals surface area (Å²) in [5.74, 6) is -0.762. The van der Waals surface area contributed by atoms with Gasteiger partial charge in [0.1, 0.15) is 0 Å². The van der Waals surface area contributed by atoms with E-state index < -0.39 is 5.97 Å². The molecule has 0 aliphatic rings. The van der Waals surface area contributed by atoms with Crippen molar-refractivity contribution >= 4 is 11.8 Å². The first-order valence-electron chi connectivity index (χ1n) is 5.84. The van der Waals surface area contributed by atoms with E-state index in [1.54, 1.807) is 0 Å². The maximum atomic E-state index is 12.0. The van der Waals surface area contributed by atoms with Crippen LogP contribution in [0.2, 0.25) is 0 Å². The molecule has 0 saturated heterocycles. The van der Waals surface area contributed by atoms with Crippen LogP contribution in [0.3, 0.4) is 0 Å². The van der Waals surface area contributed by atoms with Crippen molar-refractivity contribution in [3.63, 3.8) is 0 Å². The molecule has 1 heterocycles. The Morgan fingerprint density at radius 2 is 1.63 bits per heavy atom. The van der Waals surface area contributed by atoms with Crippen molar-refractivity contribution in [2.24, 2.45) is 7.05 Å². The SMILES string of the molecule is CC(=O)O.Cc1ccc(C(=O)c2cccn2C)cc1. The van der Waals surface area contributed by atoms with E-state index in [4.69, 9.17) is 9.90 Å². The van der Waals surface area contributed by atoms with Gasteiger partial charge in [0.25, 0.3) is 5.97 Å². The number of ketones is 1. The van der Waals surface area contributed by atoms with Crippen LogP contribution in [0.1, 0.15) is 28.5 Å². The third kappa shape index (κ3) is 4.43. The predicted molar refractivity (Wildman–Crippen MR) is 73.3 cm³/mol. The number of rotatable bonds is 2. The Bertz CT molecular complexity index is 563. The zero-order chi connectivity index (χ0) is 14.4. The summed E-state index contributed by atoms with van der Waals surface area (Å²) >= 11 is 0. The highest BCUT2D eigenvalue weighted by Gasteiger charge is 2.10. The van der Waals surface area contributed by atoms with Crippen LogP contribution in [0, 0.1) is 6.92 Å². The summed E-state index contributed by atoms with van der Waals surface area (Å²) in [7, 11) is 1.88. The van der Waals surface area contributed by atoms with Gasteiger partial charge in [-0.15, -0.1) is 0 Å². The Kier molecular flexibility index (Phi) is 5.06. The fourth-order valence-electron chi connectivity index (χ4n) is 1.55. The van der Waals surface area contributed by atoms with Crippen LogP contribution in [0.4, 0.5) is 0 Å². The number of carboxylic acids is 1. The zero-order valence-corrected chi connectivity index (χ0v) is 11.3. The van der Waals surface area contributed by atoms with Gasteiger partial charge < -0.3 is 9.67 Å². The van der Waals surface area contributed by atoms with E-state index in [9.17, 15) is 4.79 Å². The van der Waals surface area contributed by atoms with Gasteiger partial charge in [-0.05, 0) is 19.1 Å². The lowest BCUT2D eigenvalue weighted by molar-refractivity contribution is -0.134. The Hall–Kier alpha value is -2.36. The molecular weight excluding hydrogens is 242 g/mol. The summed E-state index contributed by atoms with van der Waals surface area (Å²) in [6, 6.07) is 11.4. The summed E-state index contributed by atoms with van der Waals surface area (Å²) in [4.78, 5) is 21.0. The first kappa shape index (κ1) is 14.7. The van der Waals surface area contributed by atoms with E-state index in [1.165, 1.54) is 5.56 Å². The Labute approximate surface area is 112 Å². The highest BCUT2D eigenvalue weighted by atomic mass is 16.4. The van der Waals surface area contributed by atoms with Crippen LogP contribution in [-0.4, -0.2) is 21.4 Å². The molecule has 0 amide bonds. The summed E-state index contributed by atoms with van der Waals surface area (Å²) < 4.78 is 1.84. The molecule has 2 aromatic rings. The highest BCUT2D eigenvalue weighted by molar-refractivity contribution is 6.07. The van der Waals surface area contributed by atoms with Crippen molar-refractivity contribution in [1.29, 1.82) is 0 Å². The number of hydrogen-bond donors (Lipinski definition) is 1. The second kappa shape index (κ2) is 6.54. The molecule has 100 valence electrons. The van der Waals surface area contributed by atoms with Crippen LogP contribution in [0.25, 0.3) is 0 Å². The third-order valence-corrected chi connectivity index (χ3v) is 2.49. The standard InChI is InChI=1S/C13H13NO.C2H4O2/c1-10-5-7-11(8-6-10)13(15)12-4-3-9-14(12)2;1-2(3)4/h3-9H,1-2H3;1H3,(H,3,4). The van der Waals surface area contributed by atoms with Crippen molar-refractivity contribution in [2.75, 3.05) is 0 Å². The molecule has 4 heteroatoms. The fourth-order valence-corrected chi connectivity index (χ4v) is 1.55. The fraction of sp³-hybridized carbons (Fsp3) is 0.200. The van der Waals surface area contributed by atoms with Gasteiger partial charge in [0.05, 0.1) is 5.69 Å². The Morgan fingerprint density at radius 3 is 2.05 bits per heavy atom. The van der Waals surface area contributed by atoms with Crippen LogP contribution in [-0.2, 0) is 11.8 Å². The molecule has 1 N–H and O–H groups in total. The number of carbonyl (C=O) groups excluding carboxylic acids is 1. The summed E-state index contributed by atoms with van der Waals surface area (Å²) in [5, 5.41) is 7.42. The number of aromatic nitrogens is 1. The van der Waals surface area contributed by atoms with E-state index in [1.807, 2.05) is 61.1 Å². The summed E-state index contributed by atoms with van der Waals surface area (Å²) in [5.41, 5.74) is 2.62.